The minimum atomic E-state index is 0.431. The van der Waals surface area contributed by atoms with Crippen LogP contribution < -0.4 is 0 Å². The van der Waals surface area contributed by atoms with E-state index in [2.05, 4.69) is 23.8 Å². The van der Waals surface area contributed by atoms with Gasteiger partial charge in [0.25, 0.3) is 6.47 Å². The van der Waals surface area contributed by atoms with Crippen LogP contribution in [0.25, 0.3) is 0 Å². The van der Waals surface area contributed by atoms with Crippen molar-refractivity contribution in [2.75, 3.05) is 6.61 Å². The smallest absolute Gasteiger partial charge is 0.293 e. The van der Waals surface area contributed by atoms with Crippen LogP contribution in [0.15, 0.2) is 12.2 Å². The third kappa shape index (κ3) is 7.32. The van der Waals surface area contributed by atoms with Crippen molar-refractivity contribution in [1.82, 2.24) is 0 Å². The zero-order chi connectivity index (χ0) is 9.23. The molecule has 1 aliphatic rings. The summed E-state index contributed by atoms with van der Waals surface area (Å²) in [5, 5.41) is 0. The number of hydrogen-bond donors (Lipinski definition) is 0. The number of carbonyl (C=O) groups excluding carboxylic acids is 1. The summed E-state index contributed by atoms with van der Waals surface area (Å²) in [6.45, 7) is 4.94. The van der Waals surface area contributed by atoms with Crippen molar-refractivity contribution in [2.24, 2.45) is 5.92 Å². The molecule has 0 bridgehead atoms. The molecule has 0 aromatic heterocycles. The third-order valence-electron chi connectivity index (χ3n) is 1.73. The molecule has 0 amide bonds. The normalized spacial score (nSPS) is 20.7. The molecule has 0 saturated carbocycles. The van der Waals surface area contributed by atoms with Gasteiger partial charge in [-0.25, -0.2) is 0 Å². The molecular weight excluding hydrogens is 152 g/mol. The summed E-state index contributed by atoms with van der Waals surface area (Å²) in [5.41, 5.74) is 0. The van der Waals surface area contributed by atoms with Crippen molar-refractivity contribution in [1.29, 1.82) is 0 Å². The molecule has 2 nitrogen and oxygen atoms in total. The van der Waals surface area contributed by atoms with Crippen molar-refractivity contribution in [2.45, 2.75) is 33.1 Å². The standard InChI is InChI=1S/C7H12.C3H6O2/c1-7-5-3-2-4-6-7;1-2-5-3-4/h3,5,7H,2,4,6H2,1H3;3H,2H2,1H3. The monoisotopic (exact) mass is 170 g/mol. The van der Waals surface area contributed by atoms with Gasteiger partial charge in [-0.2, -0.15) is 0 Å². The van der Waals surface area contributed by atoms with Gasteiger partial charge in [0.1, 0.15) is 0 Å². The van der Waals surface area contributed by atoms with Gasteiger partial charge in [0.05, 0.1) is 6.61 Å². The Kier molecular flexibility index (Phi) is 7.76. The minimum absolute atomic E-state index is 0.431. The first-order valence-electron chi connectivity index (χ1n) is 4.53. The Hall–Kier alpha value is -0.790. The van der Waals surface area contributed by atoms with Crippen LogP contribution in [0.4, 0.5) is 0 Å². The molecule has 0 radical (unpaired) electrons. The van der Waals surface area contributed by atoms with Gasteiger partial charge in [-0.05, 0) is 32.1 Å². The van der Waals surface area contributed by atoms with Crippen LogP contribution in [0.2, 0.25) is 0 Å². The van der Waals surface area contributed by atoms with E-state index in [0.29, 0.717) is 13.1 Å². The minimum Gasteiger partial charge on any atom is -0.468 e. The fraction of sp³-hybridized carbons (Fsp3) is 0.700. The van der Waals surface area contributed by atoms with E-state index < -0.39 is 0 Å². The average molecular weight is 170 g/mol. The molecule has 12 heavy (non-hydrogen) atoms. The van der Waals surface area contributed by atoms with E-state index in [0.717, 1.165) is 5.92 Å². The Bertz CT molecular complexity index is 130. The molecule has 0 spiro atoms. The fourth-order valence-electron chi connectivity index (χ4n) is 1.05. The molecule has 0 N–H and O–H groups in total. The van der Waals surface area contributed by atoms with Crippen LogP contribution in [0.3, 0.4) is 0 Å². The summed E-state index contributed by atoms with van der Waals surface area (Å²) in [6.07, 6.45) is 8.70. The summed E-state index contributed by atoms with van der Waals surface area (Å²) in [5.74, 6) is 0.855. The van der Waals surface area contributed by atoms with Gasteiger partial charge in [0.2, 0.25) is 0 Å². The first-order valence-corrected chi connectivity index (χ1v) is 4.53. The van der Waals surface area contributed by atoms with Crippen LogP contribution in [0.1, 0.15) is 33.1 Å². The van der Waals surface area contributed by atoms with Gasteiger partial charge in [-0.3, -0.25) is 4.79 Å². The van der Waals surface area contributed by atoms with E-state index in [1.54, 1.807) is 6.92 Å². The lowest BCUT2D eigenvalue weighted by molar-refractivity contribution is -0.128. The van der Waals surface area contributed by atoms with Gasteiger partial charge in [0.15, 0.2) is 0 Å². The van der Waals surface area contributed by atoms with E-state index in [1.807, 2.05) is 0 Å². The Morgan fingerprint density at radius 1 is 1.67 bits per heavy atom. The van der Waals surface area contributed by atoms with E-state index in [9.17, 15) is 4.79 Å². The molecule has 70 valence electrons. The maximum atomic E-state index is 9.18. The zero-order valence-electron chi connectivity index (χ0n) is 7.95. The molecule has 2 heteroatoms. The highest BCUT2D eigenvalue weighted by molar-refractivity contribution is 5.36. The van der Waals surface area contributed by atoms with Crippen LogP contribution in [0, 0.1) is 5.92 Å². The predicted octanol–water partition coefficient (Wildman–Crippen LogP) is 2.54. The summed E-state index contributed by atoms with van der Waals surface area (Å²) < 4.78 is 4.15. The first-order chi connectivity index (χ1) is 5.81. The number of carbonyl (C=O) groups is 1. The second-order valence-corrected chi connectivity index (χ2v) is 2.89. The highest BCUT2D eigenvalue weighted by Gasteiger charge is 1.98. The van der Waals surface area contributed by atoms with Crippen LogP contribution in [0.5, 0.6) is 0 Å². The maximum Gasteiger partial charge on any atom is 0.293 e. The molecule has 0 heterocycles. The largest absolute Gasteiger partial charge is 0.468 e. The summed E-state index contributed by atoms with van der Waals surface area (Å²) in [7, 11) is 0. The molecule has 1 atom stereocenters. The molecule has 0 fully saturated rings. The van der Waals surface area contributed by atoms with Crippen molar-refractivity contribution in [3.8, 4) is 0 Å². The molecule has 0 aliphatic heterocycles. The summed E-state index contributed by atoms with van der Waals surface area (Å²) in [4.78, 5) is 9.18. The van der Waals surface area contributed by atoms with Crippen molar-refractivity contribution < 1.29 is 9.53 Å². The Morgan fingerprint density at radius 2 is 2.42 bits per heavy atom. The van der Waals surface area contributed by atoms with Crippen LogP contribution in [-0.4, -0.2) is 13.1 Å². The highest BCUT2D eigenvalue weighted by Crippen LogP contribution is 2.14. The van der Waals surface area contributed by atoms with Crippen LogP contribution >= 0.6 is 0 Å². The second kappa shape index (κ2) is 8.31. The van der Waals surface area contributed by atoms with E-state index in [-0.39, 0.29) is 0 Å². The van der Waals surface area contributed by atoms with E-state index >= 15 is 0 Å². The van der Waals surface area contributed by atoms with Gasteiger partial charge >= 0.3 is 0 Å². The molecule has 1 rings (SSSR count). The predicted molar refractivity (Wildman–Crippen MR) is 49.8 cm³/mol. The lowest BCUT2D eigenvalue weighted by Gasteiger charge is -2.08. The summed E-state index contributed by atoms with van der Waals surface area (Å²) >= 11 is 0. The Labute approximate surface area is 74.6 Å². The molecular formula is C10H18O2. The topological polar surface area (TPSA) is 26.3 Å². The lowest BCUT2D eigenvalue weighted by atomic mass is 9.98. The molecule has 0 aromatic carbocycles. The van der Waals surface area contributed by atoms with Crippen molar-refractivity contribution in [3.63, 3.8) is 0 Å². The number of ether oxygens (including phenoxy) is 1. The SMILES string of the molecule is CC1C=CCCC1.CCOC=O. The maximum absolute atomic E-state index is 9.18. The van der Waals surface area contributed by atoms with Crippen molar-refractivity contribution >= 4 is 6.47 Å². The number of rotatable bonds is 2. The van der Waals surface area contributed by atoms with E-state index in [1.165, 1.54) is 19.3 Å². The van der Waals surface area contributed by atoms with Gasteiger partial charge in [-0.15, -0.1) is 0 Å². The fourth-order valence-corrected chi connectivity index (χ4v) is 1.05. The highest BCUT2D eigenvalue weighted by atomic mass is 16.5. The molecule has 1 unspecified atom stereocenters. The zero-order valence-corrected chi connectivity index (χ0v) is 7.95. The number of hydrogen-bond acceptors (Lipinski definition) is 2. The van der Waals surface area contributed by atoms with Gasteiger partial charge in [-0.1, -0.05) is 19.1 Å². The quantitative estimate of drug-likeness (QED) is 0.470. The molecule has 1 aliphatic carbocycles. The van der Waals surface area contributed by atoms with Gasteiger partial charge in [0, 0.05) is 0 Å². The van der Waals surface area contributed by atoms with Crippen molar-refractivity contribution in [3.05, 3.63) is 12.2 Å². The lowest BCUT2D eigenvalue weighted by Crippen LogP contribution is -1.92. The number of allylic oxidation sites excluding steroid dienone is 2. The van der Waals surface area contributed by atoms with Gasteiger partial charge < -0.3 is 4.74 Å². The van der Waals surface area contributed by atoms with E-state index in [4.69, 9.17) is 0 Å². The molecule has 0 saturated heterocycles. The van der Waals surface area contributed by atoms with Crippen LogP contribution in [-0.2, 0) is 9.53 Å². The Balaban J connectivity index is 0.000000217. The average Bonchev–Trinajstić information content (AvgIpc) is 2.08. The Morgan fingerprint density at radius 3 is 2.58 bits per heavy atom. The summed E-state index contributed by atoms with van der Waals surface area (Å²) in [6, 6.07) is 0. The second-order valence-electron chi connectivity index (χ2n) is 2.89. The third-order valence-corrected chi connectivity index (χ3v) is 1.73. The molecule has 0 aromatic rings. The first kappa shape index (κ1) is 11.2.